The van der Waals surface area contributed by atoms with Gasteiger partial charge in [0.05, 0.1) is 17.1 Å². The third-order valence-electron chi connectivity index (χ3n) is 4.84. The molecule has 2 aromatic rings. The molecular formula is C21H24N2O7S. The van der Waals surface area contributed by atoms with E-state index in [1.807, 2.05) is 6.92 Å². The minimum Gasteiger partial charge on any atom is -0.467 e. The van der Waals surface area contributed by atoms with E-state index in [9.17, 15) is 19.7 Å². The van der Waals surface area contributed by atoms with Crippen LogP contribution in [0.5, 0.6) is 5.75 Å². The number of thiophene rings is 1. The van der Waals surface area contributed by atoms with Crippen LogP contribution in [0.25, 0.3) is 0 Å². The maximum Gasteiger partial charge on any atom is 0.341 e. The molecule has 1 aromatic carbocycles. The van der Waals surface area contributed by atoms with Gasteiger partial charge >= 0.3 is 5.97 Å². The number of benzene rings is 1. The largest absolute Gasteiger partial charge is 0.467 e. The van der Waals surface area contributed by atoms with Crippen LogP contribution in [0.1, 0.15) is 52.7 Å². The van der Waals surface area contributed by atoms with Crippen molar-refractivity contribution in [2.45, 2.75) is 47.8 Å². The fourth-order valence-corrected chi connectivity index (χ4v) is 4.00. The summed E-state index contributed by atoms with van der Waals surface area (Å²) < 4.78 is 16.2. The lowest BCUT2D eigenvalue weighted by molar-refractivity contribution is -0.385. The normalized spacial score (nSPS) is 13.2. The third kappa shape index (κ3) is 4.86. The highest BCUT2D eigenvalue weighted by atomic mass is 32.1. The number of nitro benzene ring substituents is 1. The number of amides is 1. The molecule has 166 valence electrons. The number of nitrogens with one attached hydrogen (secondary N) is 1. The van der Waals surface area contributed by atoms with Gasteiger partial charge in [-0.3, -0.25) is 14.9 Å². The lowest BCUT2D eigenvalue weighted by Crippen LogP contribution is -2.28. The molecular weight excluding hydrogens is 424 g/mol. The maximum absolute atomic E-state index is 12.9. The van der Waals surface area contributed by atoms with Gasteiger partial charge in [0.1, 0.15) is 17.4 Å². The third-order valence-corrected chi connectivity index (χ3v) is 5.96. The second-order valence-corrected chi connectivity index (χ2v) is 9.45. The standard InChI is InChI=1S/C21H24N2O7S/c1-11-12(2)31-18(22-20(25)21(3,4)5)16(11)19(24)29-9-14-7-15(23(26)27)6-13-8-28-10-30-17(13)14/h6-7H,8-10H2,1-5H3,(H,22,25). The summed E-state index contributed by atoms with van der Waals surface area (Å²) in [6.07, 6.45) is 0. The molecule has 0 saturated carbocycles. The van der Waals surface area contributed by atoms with Crippen LogP contribution in [0.15, 0.2) is 12.1 Å². The number of esters is 1. The number of ether oxygens (including phenoxy) is 3. The number of non-ortho nitro benzene ring substituents is 1. The Bertz CT molecular complexity index is 1050. The molecule has 1 amide bonds. The van der Waals surface area contributed by atoms with Crippen molar-refractivity contribution in [3.8, 4) is 5.75 Å². The number of rotatable bonds is 5. The van der Waals surface area contributed by atoms with Crippen LogP contribution in [0.2, 0.25) is 0 Å². The van der Waals surface area contributed by atoms with Gasteiger partial charge in [0.25, 0.3) is 5.69 Å². The highest BCUT2D eigenvalue weighted by molar-refractivity contribution is 7.16. The van der Waals surface area contributed by atoms with E-state index < -0.39 is 16.3 Å². The molecule has 0 radical (unpaired) electrons. The lowest BCUT2D eigenvalue weighted by atomic mass is 9.96. The monoisotopic (exact) mass is 448 g/mol. The SMILES string of the molecule is Cc1sc(NC(=O)C(C)(C)C)c(C(=O)OCc2cc([N+](=O)[O-])cc3c2OCOC3)c1C. The van der Waals surface area contributed by atoms with E-state index in [-0.39, 0.29) is 37.2 Å². The number of hydrogen-bond donors (Lipinski definition) is 1. The summed E-state index contributed by atoms with van der Waals surface area (Å²) >= 11 is 1.30. The number of hydrogen-bond acceptors (Lipinski definition) is 8. The Morgan fingerprint density at radius 1 is 1.29 bits per heavy atom. The molecule has 1 N–H and O–H groups in total. The highest BCUT2D eigenvalue weighted by Crippen LogP contribution is 2.36. The van der Waals surface area contributed by atoms with Crippen LogP contribution < -0.4 is 10.1 Å². The molecule has 0 fully saturated rings. The van der Waals surface area contributed by atoms with E-state index in [1.165, 1.54) is 23.5 Å². The summed E-state index contributed by atoms with van der Waals surface area (Å²) in [6.45, 7) is 8.94. The van der Waals surface area contributed by atoms with Gasteiger partial charge in [-0.1, -0.05) is 20.8 Å². The summed E-state index contributed by atoms with van der Waals surface area (Å²) in [5.41, 5.74) is 1.13. The molecule has 0 unspecified atom stereocenters. The Labute approximate surface area is 183 Å². The summed E-state index contributed by atoms with van der Waals surface area (Å²) in [6, 6.07) is 2.71. The zero-order valence-corrected chi connectivity index (χ0v) is 18.8. The number of carbonyl (C=O) groups is 2. The van der Waals surface area contributed by atoms with Gasteiger partial charge in [-0.15, -0.1) is 11.3 Å². The summed E-state index contributed by atoms with van der Waals surface area (Å²) in [5, 5.41) is 14.5. The topological polar surface area (TPSA) is 117 Å². The first-order valence-electron chi connectivity index (χ1n) is 9.58. The predicted octanol–water partition coefficient (Wildman–Crippen LogP) is 4.48. The minimum absolute atomic E-state index is 0.0115. The van der Waals surface area contributed by atoms with Gasteiger partial charge in [-0.25, -0.2) is 4.79 Å². The van der Waals surface area contributed by atoms with Crippen LogP contribution >= 0.6 is 11.3 Å². The fraction of sp³-hybridized carbons (Fsp3) is 0.429. The predicted molar refractivity (Wildman–Crippen MR) is 114 cm³/mol. The van der Waals surface area contributed by atoms with Crippen molar-refractivity contribution in [1.82, 2.24) is 0 Å². The number of aryl methyl sites for hydroxylation is 1. The van der Waals surface area contributed by atoms with E-state index in [2.05, 4.69) is 5.32 Å². The van der Waals surface area contributed by atoms with Gasteiger partial charge in [-0.05, 0) is 19.4 Å². The first-order chi connectivity index (χ1) is 14.5. The van der Waals surface area contributed by atoms with Crippen molar-refractivity contribution in [2.24, 2.45) is 5.41 Å². The van der Waals surface area contributed by atoms with Gasteiger partial charge < -0.3 is 19.5 Å². The van der Waals surface area contributed by atoms with Crippen molar-refractivity contribution in [3.63, 3.8) is 0 Å². The Hall–Kier alpha value is -2.98. The number of anilines is 1. The molecule has 0 bridgehead atoms. The smallest absolute Gasteiger partial charge is 0.341 e. The molecule has 1 aromatic heterocycles. The molecule has 0 aliphatic carbocycles. The Morgan fingerprint density at radius 2 is 2.00 bits per heavy atom. The van der Waals surface area contributed by atoms with Crippen LogP contribution in [0, 0.1) is 29.4 Å². The van der Waals surface area contributed by atoms with Gasteiger partial charge in [0, 0.05) is 33.6 Å². The van der Waals surface area contributed by atoms with Crippen molar-refractivity contribution in [2.75, 3.05) is 12.1 Å². The molecule has 2 heterocycles. The molecule has 0 spiro atoms. The highest BCUT2D eigenvalue weighted by Gasteiger charge is 2.28. The van der Waals surface area contributed by atoms with E-state index >= 15 is 0 Å². The van der Waals surface area contributed by atoms with E-state index in [0.717, 1.165) is 4.88 Å². The molecule has 0 atom stereocenters. The van der Waals surface area contributed by atoms with Crippen LogP contribution in [0.4, 0.5) is 10.7 Å². The van der Waals surface area contributed by atoms with Gasteiger partial charge in [0.2, 0.25) is 5.91 Å². The fourth-order valence-electron chi connectivity index (χ4n) is 2.96. The van der Waals surface area contributed by atoms with Crippen LogP contribution in [-0.4, -0.2) is 23.6 Å². The van der Waals surface area contributed by atoms with Crippen molar-refractivity contribution in [3.05, 3.63) is 49.4 Å². The zero-order chi connectivity index (χ0) is 22.9. The first-order valence-corrected chi connectivity index (χ1v) is 10.4. The molecule has 10 heteroatoms. The summed E-state index contributed by atoms with van der Waals surface area (Å²) in [7, 11) is 0. The van der Waals surface area contributed by atoms with Crippen LogP contribution in [-0.2, 0) is 27.5 Å². The molecule has 0 saturated heterocycles. The van der Waals surface area contributed by atoms with E-state index in [4.69, 9.17) is 14.2 Å². The first kappa shape index (κ1) is 22.7. The average Bonchev–Trinajstić information content (AvgIpc) is 2.98. The molecule has 31 heavy (non-hydrogen) atoms. The Balaban J connectivity index is 1.86. The summed E-state index contributed by atoms with van der Waals surface area (Å²) in [5.74, 6) is -0.425. The zero-order valence-electron chi connectivity index (χ0n) is 18.0. The van der Waals surface area contributed by atoms with Gasteiger partial charge in [-0.2, -0.15) is 0 Å². The Morgan fingerprint density at radius 3 is 2.65 bits per heavy atom. The number of nitrogens with zero attached hydrogens (tertiary/aromatic N) is 1. The number of fused-ring (bicyclic) bond motifs is 1. The minimum atomic E-state index is -0.631. The van der Waals surface area contributed by atoms with E-state index in [0.29, 0.717) is 27.4 Å². The lowest BCUT2D eigenvalue weighted by Gasteiger charge is -2.20. The molecule has 1 aliphatic rings. The molecule has 3 rings (SSSR count). The Kier molecular flexibility index (Phi) is 6.33. The van der Waals surface area contributed by atoms with Crippen LogP contribution in [0.3, 0.4) is 0 Å². The van der Waals surface area contributed by atoms with Crippen molar-refractivity contribution in [1.29, 1.82) is 0 Å². The maximum atomic E-state index is 12.9. The molecule has 9 nitrogen and oxygen atoms in total. The van der Waals surface area contributed by atoms with E-state index in [1.54, 1.807) is 27.7 Å². The number of carbonyl (C=O) groups excluding carboxylic acids is 2. The molecule has 1 aliphatic heterocycles. The van der Waals surface area contributed by atoms with Gasteiger partial charge in [0.15, 0.2) is 6.79 Å². The van der Waals surface area contributed by atoms with Crippen molar-refractivity contribution >= 4 is 33.9 Å². The average molecular weight is 448 g/mol. The second kappa shape index (κ2) is 8.64. The summed E-state index contributed by atoms with van der Waals surface area (Å²) in [4.78, 5) is 37.0. The van der Waals surface area contributed by atoms with Crippen molar-refractivity contribution < 1.29 is 28.7 Å². The quantitative estimate of drug-likeness (QED) is 0.407. The second-order valence-electron chi connectivity index (χ2n) is 8.23. The number of nitro groups is 1.